The Morgan fingerprint density at radius 2 is 1.76 bits per heavy atom. The van der Waals surface area contributed by atoms with Crippen LogP contribution in [0.25, 0.3) is 0 Å². The summed E-state index contributed by atoms with van der Waals surface area (Å²) in [6.07, 6.45) is 6.90. The molecule has 0 radical (unpaired) electrons. The molecular weight excluding hydrogens is 284 g/mol. The Kier molecular flexibility index (Phi) is 7.97. The minimum absolute atomic E-state index is 0. The first-order valence-electron chi connectivity index (χ1n) is 8.70. The Hall–Kier alpha value is 0.170. The Morgan fingerprint density at radius 1 is 1.14 bits per heavy atom. The lowest BCUT2D eigenvalue weighted by Crippen LogP contribution is -2.64. The predicted octanol–water partition coefficient (Wildman–Crippen LogP) is 3.32. The maximum Gasteiger partial charge on any atom is 0.0661 e. The fraction of sp³-hybridized carbons (Fsp3) is 1.00. The van der Waals surface area contributed by atoms with Gasteiger partial charge >= 0.3 is 0 Å². The van der Waals surface area contributed by atoms with Crippen molar-refractivity contribution in [3.05, 3.63) is 0 Å². The molecule has 1 saturated carbocycles. The van der Waals surface area contributed by atoms with E-state index in [1.165, 1.54) is 51.7 Å². The monoisotopic (exact) mass is 318 g/mol. The van der Waals surface area contributed by atoms with Gasteiger partial charge in [0.05, 0.1) is 6.10 Å². The zero-order valence-electron chi connectivity index (χ0n) is 14.4. The summed E-state index contributed by atoms with van der Waals surface area (Å²) in [7, 11) is 2.34. The quantitative estimate of drug-likeness (QED) is 0.779. The Morgan fingerprint density at radius 3 is 2.29 bits per heavy atom. The molecule has 1 heterocycles. The first kappa shape index (κ1) is 19.2. The molecule has 0 bridgehead atoms. The summed E-state index contributed by atoms with van der Waals surface area (Å²) in [5.41, 5.74) is 0.400. The largest absolute Gasteiger partial charge is 0.378 e. The normalized spacial score (nSPS) is 29.0. The van der Waals surface area contributed by atoms with Gasteiger partial charge in [-0.15, -0.1) is 12.4 Å². The van der Waals surface area contributed by atoms with Gasteiger partial charge in [-0.3, -0.25) is 0 Å². The van der Waals surface area contributed by atoms with E-state index in [0.29, 0.717) is 11.5 Å². The third kappa shape index (κ3) is 3.93. The molecule has 0 aromatic rings. The van der Waals surface area contributed by atoms with Gasteiger partial charge in [0, 0.05) is 24.6 Å². The average molecular weight is 319 g/mol. The standard InChI is InChI=1S/C17H34N2O.ClH/c1-5-17(6-2)15(12-16(17)20-7-3)19(4)13-14-8-10-18-11-9-14;/h14-16,18H,5-13H2,1-4H3;1H. The van der Waals surface area contributed by atoms with Gasteiger partial charge in [-0.2, -0.15) is 0 Å². The highest BCUT2D eigenvalue weighted by molar-refractivity contribution is 5.85. The van der Waals surface area contributed by atoms with Gasteiger partial charge in [0.25, 0.3) is 0 Å². The second-order valence-electron chi connectivity index (χ2n) is 6.77. The number of hydrogen-bond acceptors (Lipinski definition) is 3. The summed E-state index contributed by atoms with van der Waals surface area (Å²) < 4.78 is 6.01. The van der Waals surface area contributed by atoms with Crippen LogP contribution in [0.1, 0.15) is 52.9 Å². The van der Waals surface area contributed by atoms with Crippen LogP contribution in [0, 0.1) is 11.3 Å². The molecule has 126 valence electrons. The molecule has 1 N–H and O–H groups in total. The Balaban J connectivity index is 0.00000220. The molecule has 0 amide bonds. The molecule has 3 nitrogen and oxygen atoms in total. The van der Waals surface area contributed by atoms with E-state index in [-0.39, 0.29) is 12.4 Å². The molecule has 21 heavy (non-hydrogen) atoms. The van der Waals surface area contributed by atoms with E-state index in [1.54, 1.807) is 0 Å². The molecule has 2 aliphatic rings. The van der Waals surface area contributed by atoms with E-state index < -0.39 is 0 Å². The van der Waals surface area contributed by atoms with Crippen molar-refractivity contribution >= 4 is 12.4 Å². The molecule has 0 aromatic carbocycles. The van der Waals surface area contributed by atoms with E-state index >= 15 is 0 Å². The number of nitrogens with one attached hydrogen (secondary N) is 1. The first-order valence-corrected chi connectivity index (χ1v) is 8.70. The molecule has 1 saturated heterocycles. The highest BCUT2D eigenvalue weighted by Gasteiger charge is 2.54. The summed E-state index contributed by atoms with van der Waals surface area (Å²) in [6.45, 7) is 11.4. The van der Waals surface area contributed by atoms with Crippen molar-refractivity contribution in [1.82, 2.24) is 10.2 Å². The number of rotatable bonds is 7. The van der Waals surface area contributed by atoms with Gasteiger partial charge in [0.2, 0.25) is 0 Å². The minimum Gasteiger partial charge on any atom is -0.378 e. The smallest absolute Gasteiger partial charge is 0.0661 e. The molecule has 2 rings (SSSR count). The van der Waals surface area contributed by atoms with E-state index in [0.717, 1.165) is 18.6 Å². The maximum atomic E-state index is 6.01. The Labute approximate surface area is 137 Å². The van der Waals surface area contributed by atoms with E-state index in [1.807, 2.05) is 0 Å². The van der Waals surface area contributed by atoms with Crippen molar-refractivity contribution < 1.29 is 4.74 Å². The third-order valence-corrected chi connectivity index (χ3v) is 5.96. The molecule has 1 aliphatic carbocycles. The van der Waals surface area contributed by atoms with Crippen LogP contribution < -0.4 is 5.32 Å². The van der Waals surface area contributed by atoms with Gasteiger partial charge in [0.1, 0.15) is 0 Å². The van der Waals surface area contributed by atoms with Crippen molar-refractivity contribution in [2.24, 2.45) is 11.3 Å². The lowest BCUT2D eigenvalue weighted by molar-refractivity contribution is -0.169. The second-order valence-corrected chi connectivity index (χ2v) is 6.77. The highest BCUT2D eigenvalue weighted by Crippen LogP contribution is 2.51. The first-order chi connectivity index (χ1) is 9.67. The predicted molar refractivity (Wildman–Crippen MR) is 92.3 cm³/mol. The molecular formula is C17H35ClN2O. The van der Waals surface area contributed by atoms with Crippen LogP contribution in [0.4, 0.5) is 0 Å². The average Bonchev–Trinajstić information content (AvgIpc) is 2.45. The van der Waals surface area contributed by atoms with E-state index in [9.17, 15) is 0 Å². The third-order valence-electron chi connectivity index (χ3n) is 5.96. The van der Waals surface area contributed by atoms with Crippen LogP contribution >= 0.6 is 12.4 Å². The van der Waals surface area contributed by atoms with Crippen molar-refractivity contribution in [3.63, 3.8) is 0 Å². The summed E-state index contributed by atoms with van der Waals surface area (Å²) in [5.74, 6) is 0.888. The fourth-order valence-electron chi connectivity index (χ4n) is 4.56. The number of piperidine rings is 1. The lowest BCUT2D eigenvalue weighted by atomic mass is 9.58. The highest BCUT2D eigenvalue weighted by atomic mass is 35.5. The van der Waals surface area contributed by atoms with E-state index in [2.05, 4.69) is 38.0 Å². The number of hydrogen-bond donors (Lipinski definition) is 1. The molecule has 1 aliphatic heterocycles. The van der Waals surface area contributed by atoms with Crippen molar-refractivity contribution in [1.29, 1.82) is 0 Å². The molecule has 2 fully saturated rings. The number of halogens is 1. The topological polar surface area (TPSA) is 24.5 Å². The minimum atomic E-state index is 0. The van der Waals surface area contributed by atoms with Crippen LogP contribution in [0.15, 0.2) is 0 Å². The van der Waals surface area contributed by atoms with Crippen molar-refractivity contribution in [3.8, 4) is 0 Å². The molecule has 0 aromatic heterocycles. The zero-order valence-corrected chi connectivity index (χ0v) is 15.2. The molecule has 0 spiro atoms. The summed E-state index contributed by atoms with van der Waals surface area (Å²) in [4.78, 5) is 2.65. The summed E-state index contributed by atoms with van der Waals surface area (Å²) in [6, 6.07) is 0.726. The van der Waals surface area contributed by atoms with Crippen LogP contribution in [-0.4, -0.2) is 50.3 Å². The summed E-state index contributed by atoms with van der Waals surface area (Å²) >= 11 is 0. The van der Waals surface area contributed by atoms with Gasteiger partial charge < -0.3 is 15.0 Å². The Bertz CT molecular complexity index is 291. The molecule has 4 heteroatoms. The molecule has 2 unspecified atom stereocenters. The van der Waals surface area contributed by atoms with E-state index in [4.69, 9.17) is 4.74 Å². The number of nitrogens with zero attached hydrogens (tertiary/aromatic N) is 1. The van der Waals surface area contributed by atoms with Crippen LogP contribution in [-0.2, 0) is 4.74 Å². The maximum absolute atomic E-state index is 6.01. The van der Waals surface area contributed by atoms with Crippen molar-refractivity contribution in [2.75, 3.05) is 33.3 Å². The molecule has 2 atom stereocenters. The van der Waals surface area contributed by atoms with Gasteiger partial charge in [-0.05, 0) is 65.1 Å². The van der Waals surface area contributed by atoms with Gasteiger partial charge in [0.15, 0.2) is 0 Å². The summed E-state index contributed by atoms with van der Waals surface area (Å²) in [5, 5.41) is 3.47. The second kappa shape index (κ2) is 8.71. The van der Waals surface area contributed by atoms with Gasteiger partial charge in [-0.25, -0.2) is 0 Å². The van der Waals surface area contributed by atoms with Crippen LogP contribution in [0.5, 0.6) is 0 Å². The van der Waals surface area contributed by atoms with Crippen LogP contribution in [0.3, 0.4) is 0 Å². The fourth-order valence-corrected chi connectivity index (χ4v) is 4.56. The SMILES string of the molecule is CCOC1CC(N(C)CC2CCNCC2)C1(CC)CC.Cl. The van der Waals surface area contributed by atoms with Gasteiger partial charge in [-0.1, -0.05) is 13.8 Å². The lowest BCUT2D eigenvalue weighted by Gasteiger charge is -2.58. The number of ether oxygens (including phenoxy) is 1. The zero-order chi connectivity index (χ0) is 14.6. The van der Waals surface area contributed by atoms with Crippen LogP contribution in [0.2, 0.25) is 0 Å². The van der Waals surface area contributed by atoms with Crippen molar-refractivity contribution in [2.45, 2.75) is 65.0 Å².